The Hall–Kier alpha value is -1.59. The molecule has 29 atom stereocenters. The first-order valence-corrected chi connectivity index (χ1v) is 27.2. The van der Waals surface area contributed by atoms with Gasteiger partial charge in [-0.2, -0.15) is 0 Å². The Labute approximate surface area is 437 Å². The van der Waals surface area contributed by atoms with Gasteiger partial charge < -0.3 is 104 Å². The molecule has 22 nitrogen and oxygen atoms in total. The molecule has 0 bridgehead atoms. The molecule has 0 spiro atoms. The van der Waals surface area contributed by atoms with E-state index in [9.17, 15) is 71.2 Å². The van der Waals surface area contributed by atoms with Crippen LogP contribution in [-0.2, 0) is 42.7 Å². The molecule has 4 saturated heterocycles. The number of hydrogen-bond donors (Lipinski definition) is 13. The zero-order chi connectivity index (χ0) is 54.9. The molecule has 22 heteroatoms. The minimum absolute atomic E-state index is 0.133. The number of carbonyl (C=O) groups is 1. The van der Waals surface area contributed by atoms with Gasteiger partial charge in [0.05, 0.1) is 38.1 Å². The third-order valence-corrected chi connectivity index (χ3v) is 21.2. The SMILES string of the molecule is C[C@@H]1O[C@@H](O[C@H]2[C@H](O[C@H]3[C@H](O[C@H]4CC[C@@]5(C)[C@@H](CC[C@]6(C)[C@@H]5CC=C5[C@@H]7CC(C)(C)C[C@@H](O[C@@H]8OC[C@@H](O)[C@H](O)[C@H]8O)[C@]7(C)CC[C@]56C)[C@@]4(C)CO)O[C@H](C(=O)O)[C@@H](O)[C@@H]3O)O[C@H](CO)[C@H](O)[C@@H]2O)[C@H](O)[C@H](O)[C@H]1O. The highest BCUT2D eigenvalue weighted by molar-refractivity contribution is 5.73. The zero-order valence-corrected chi connectivity index (χ0v) is 44.4. The molecular formula is C53H86O22. The second-order valence-electron chi connectivity index (χ2n) is 26.0. The van der Waals surface area contributed by atoms with Crippen LogP contribution in [0.4, 0.5) is 0 Å². The minimum atomic E-state index is -2.10. The standard InChI is InChI=1S/C53H86O22/c1-22-31(57)34(60)39(65)45(69-22)74-41-35(61)33(59)26(19-54)70-46(41)75-42-37(63)36(62)40(43(66)67)73-47(42)71-29-12-13-50(5)27(51(29,6)21-55)11-14-53(8)28(50)10-9-23-24-17-48(2,3)18-30(49(24,4)15-16-52(23,53)7)72-44-38(64)32(58)25(56)20-68-44/h9,22,24-42,44-47,54-65H,10-21H2,1-8H3,(H,66,67)/t22-,24-,25+,26+,27+,28+,29-,30+,31-,32-,33-,34+,35-,36-,37-,38+,39+,40-,41+,42+,44-,45-,46-,47+,49+,50-,51+,52+,53+/m0/s1. The Balaban J connectivity index is 0.979. The van der Waals surface area contributed by atoms with E-state index in [4.69, 9.17) is 37.9 Å². The van der Waals surface area contributed by atoms with Crippen LogP contribution in [0.25, 0.3) is 0 Å². The zero-order valence-electron chi connectivity index (χ0n) is 44.4. The monoisotopic (exact) mass is 1070 g/mol. The molecule has 0 aromatic heterocycles. The van der Waals surface area contributed by atoms with Crippen LogP contribution in [0.15, 0.2) is 11.6 Å². The topological polar surface area (TPSA) is 354 Å². The fourth-order valence-electron chi connectivity index (χ4n) is 16.3. The molecule has 4 heterocycles. The van der Waals surface area contributed by atoms with Crippen LogP contribution in [0.1, 0.15) is 113 Å². The Morgan fingerprint density at radius 1 is 0.613 bits per heavy atom. The van der Waals surface area contributed by atoms with E-state index in [2.05, 4.69) is 47.6 Å². The molecule has 0 radical (unpaired) electrons. The van der Waals surface area contributed by atoms with Gasteiger partial charge >= 0.3 is 5.97 Å². The molecule has 4 aliphatic heterocycles. The molecule has 75 heavy (non-hydrogen) atoms. The molecule has 0 amide bonds. The third kappa shape index (κ3) is 9.40. The molecule has 0 aromatic carbocycles. The average molecular weight is 1080 g/mol. The van der Waals surface area contributed by atoms with Crippen molar-refractivity contribution in [3.8, 4) is 0 Å². The summed E-state index contributed by atoms with van der Waals surface area (Å²) in [4.78, 5) is 12.6. The van der Waals surface area contributed by atoms with Gasteiger partial charge in [-0.25, -0.2) is 4.79 Å². The maximum Gasteiger partial charge on any atom is 0.335 e. The molecule has 8 fully saturated rings. The lowest BCUT2D eigenvalue weighted by atomic mass is 9.33. The highest BCUT2D eigenvalue weighted by Gasteiger charge is 2.70. The molecule has 4 saturated carbocycles. The van der Waals surface area contributed by atoms with Gasteiger partial charge in [-0.1, -0.05) is 60.1 Å². The molecule has 9 aliphatic rings. The Bertz CT molecular complexity index is 2080. The highest BCUT2D eigenvalue weighted by atomic mass is 16.8. The van der Waals surface area contributed by atoms with E-state index in [0.717, 1.165) is 38.5 Å². The number of fused-ring (bicyclic) bond motifs is 7. The second-order valence-corrected chi connectivity index (χ2v) is 26.0. The maximum absolute atomic E-state index is 12.6. The number of aliphatic carboxylic acids is 1. The summed E-state index contributed by atoms with van der Waals surface area (Å²) in [6, 6.07) is 0. The fourth-order valence-corrected chi connectivity index (χ4v) is 16.3. The van der Waals surface area contributed by atoms with Crippen LogP contribution in [0.3, 0.4) is 0 Å². The van der Waals surface area contributed by atoms with Crippen LogP contribution >= 0.6 is 0 Å². The highest BCUT2D eigenvalue weighted by Crippen LogP contribution is 2.76. The molecule has 0 unspecified atom stereocenters. The lowest BCUT2D eigenvalue weighted by molar-refractivity contribution is -0.396. The summed E-state index contributed by atoms with van der Waals surface area (Å²) >= 11 is 0. The van der Waals surface area contributed by atoms with Crippen molar-refractivity contribution in [1.82, 2.24) is 0 Å². The van der Waals surface area contributed by atoms with E-state index in [1.165, 1.54) is 12.5 Å². The van der Waals surface area contributed by atoms with E-state index in [-0.39, 0.29) is 64.1 Å². The number of aliphatic hydroxyl groups is 12. The van der Waals surface area contributed by atoms with Crippen molar-refractivity contribution in [2.45, 2.75) is 242 Å². The van der Waals surface area contributed by atoms with Crippen LogP contribution < -0.4 is 0 Å². The summed E-state index contributed by atoms with van der Waals surface area (Å²) in [5, 5.41) is 140. The fraction of sp³-hybridized carbons (Fsp3) is 0.943. The van der Waals surface area contributed by atoms with Gasteiger partial charge in [-0.05, 0) is 104 Å². The summed E-state index contributed by atoms with van der Waals surface area (Å²) in [5.41, 5.74) is -0.772. The molecule has 430 valence electrons. The van der Waals surface area contributed by atoms with Gasteiger partial charge in [0.1, 0.15) is 79.4 Å². The van der Waals surface area contributed by atoms with E-state index in [1.807, 2.05) is 6.92 Å². The molecule has 13 N–H and O–H groups in total. The summed E-state index contributed by atoms with van der Waals surface area (Å²) in [5.74, 6) is -1.46. The number of carboxylic acids is 1. The first-order chi connectivity index (χ1) is 35.0. The predicted molar refractivity (Wildman–Crippen MR) is 257 cm³/mol. The van der Waals surface area contributed by atoms with Gasteiger partial charge in [0.15, 0.2) is 31.3 Å². The summed E-state index contributed by atoms with van der Waals surface area (Å²) in [6.07, 6.45) is -23.7. The molecule has 0 aromatic rings. The van der Waals surface area contributed by atoms with Crippen molar-refractivity contribution in [3.05, 3.63) is 11.6 Å². The van der Waals surface area contributed by atoms with E-state index in [1.54, 1.807) is 0 Å². The lowest BCUT2D eigenvalue weighted by Gasteiger charge is -2.72. The summed E-state index contributed by atoms with van der Waals surface area (Å²) < 4.78 is 48.8. The van der Waals surface area contributed by atoms with Crippen LogP contribution in [0.2, 0.25) is 0 Å². The normalized spacial score (nSPS) is 55.9. The van der Waals surface area contributed by atoms with Gasteiger partial charge in [0, 0.05) is 10.8 Å². The molecule has 5 aliphatic carbocycles. The quantitative estimate of drug-likeness (QED) is 0.0887. The van der Waals surface area contributed by atoms with Crippen molar-refractivity contribution in [2.24, 2.45) is 50.2 Å². The second kappa shape index (κ2) is 20.7. The molecule has 9 rings (SSSR count). The number of rotatable bonds is 11. The maximum atomic E-state index is 12.6. The van der Waals surface area contributed by atoms with Gasteiger partial charge in [0.25, 0.3) is 0 Å². The number of aliphatic hydroxyl groups excluding tert-OH is 12. The Morgan fingerprint density at radius 3 is 1.89 bits per heavy atom. The first-order valence-electron chi connectivity index (χ1n) is 27.2. The van der Waals surface area contributed by atoms with Crippen molar-refractivity contribution in [1.29, 1.82) is 0 Å². The Kier molecular flexibility index (Phi) is 16.1. The number of allylic oxidation sites excluding steroid dienone is 2. The predicted octanol–water partition coefficient (Wildman–Crippen LogP) is -0.832. The summed E-state index contributed by atoms with van der Waals surface area (Å²) in [7, 11) is 0. The van der Waals surface area contributed by atoms with E-state index >= 15 is 0 Å². The summed E-state index contributed by atoms with van der Waals surface area (Å²) in [6.45, 7) is 15.9. The van der Waals surface area contributed by atoms with Crippen molar-refractivity contribution in [2.75, 3.05) is 19.8 Å². The minimum Gasteiger partial charge on any atom is -0.479 e. The van der Waals surface area contributed by atoms with Crippen LogP contribution in [0, 0.1) is 50.2 Å². The number of carboxylic acid groups (broad SMARTS) is 1. The number of hydrogen-bond acceptors (Lipinski definition) is 21. The Morgan fingerprint density at radius 2 is 1.24 bits per heavy atom. The van der Waals surface area contributed by atoms with Crippen LogP contribution in [-0.4, -0.2) is 221 Å². The lowest BCUT2D eigenvalue weighted by Crippen LogP contribution is -2.68. The van der Waals surface area contributed by atoms with Gasteiger partial charge in [-0.3, -0.25) is 0 Å². The number of ether oxygens (including phenoxy) is 8. The molecular weight excluding hydrogens is 989 g/mol. The largest absolute Gasteiger partial charge is 0.479 e. The third-order valence-electron chi connectivity index (χ3n) is 21.2. The van der Waals surface area contributed by atoms with Crippen molar-refractivity contribution < 1.29 is 109 Å². The van der Waals surface area contributed by atoms with E-state index in [0.29, 0.717) is 19.3 Å². The van der Waals surface area contributed by atoms with Crippen LogP contribution in [0.5, 0.6) is 0 Å². The first kappa shape index (κ1) is 58.1. The van der Waals surface area contributed by atoms with E-state index < -0.39 is 141 Å². The van der Waals surface area contributed by atoms with Crippen molar-refractivity contribution in [3.63, 3.8) is 0 Å². The van der Waals surface area contributed by atoms with Gasteiger partial charge in [0.2, 0.25) is 0 Å². The van der Waals surface area contributed by atoms with Crippen molar-refractivity contribution >= 4 is 5.97 Å². The average Bonchev–Trinajstić information content (AvgIpc) is 3.37. The smallest absolute Gasteiger partial charge is 0.335 e. The van der Waals surface area contributed by atoms with Gasteiger partial charge in [-0.15, -0.1) is 0 Å².